The summed E-state index contributed by atoms with van der Waals surface area (Å²) in [6.45, 7) is 0.0660. The van der Waals surface area contributed by atoms with Crippen LogP contribution in [0.1, 0.15) is 32.1 Å². The molecule has 1 saturated heterocycles. The van der Waals surface area contributed by atoms with Crippen molar-refractivity contribution < 1.29 is 18.0 Å². The first-order valence-corrected chi connectivity index (χ1v) is 7.69. The van der Waals surface area contributed by atoms with Crippen molar-refractivity contribution in [2.75, 3.05) is 12.3 Å². The molecule has 1 aliphatic heterocycles. The molecule has 0 aromatic carbocycles. The van der Waals surface area contributed by atoms with Crippen molar-refractivity contribution in [1.82, 2.24) is 10.6 Å². The van der Waals surface area contributed by atoms with Gasteiger partial charge in [-0.25, -0.2) is 0 Å². The molecule has 1 saturated carbocycles. The summed E-state index contributed by atoms with van der Waals surface area (Å²) in [6, 6.07) is 0.207. The summed E-state index contributed by atoms with van der Waals surface area (Å²) in [5.74, 6) is 0.278. The number of thioether (sulfide) groups is 1. The van der Waals surface area contributed by atoms with E-state index >= 15 is 0 Å². The molecule has 3 unspecified atom stereocenters. The summed E-state index contributed by atoms with van der Waals surface area (Å²) in [6.07, 6.45) is 5.51. The molecule has 0 aromatic heterocycles. The zero-order chi connectivity index (χ0) is 13.9. The Morgan fingerprint density at radius 3 is 2.65 bits per heavy atom. The predicted molar refractivity (Wildman–Crippen MR) is 76.1 cm³/mol. The van der Waals surface area contributed by atoms with Crippen LogP contribution in [0.15, 0.2) is 0 Å². The van der Waals surface area contributed by atoms with Gasteiger partial charge in [0.2, 0.25) is 5.91 Å². The van der Waals surface area contributed by atoms with Crippen molar-refractivity contribution >= 4 is 30.1 Å². The van der Waals surface area contributed by atoms with Crippen LogP contribution in [0, 0.1) is 5.92 Å². The van der Waals surface area contributed by atoms with Crippen molar-refractivity contribution in [3.8, 4) is 0 Å². The van der Waals surface area contributed by atoms with E-state index in [-0.39, 0.29) is 48.4 Å². The second kappa shape index (κ2) is 7.75. The number of rotatable bonds is 4. The predicted octanol–water partition coefficient (Wildman–Crippen LogP) is 2.70. The first kappa shape index (κ1) is 17.9. The average Bonchev–Trinajstić information content (AvgIpc) is 2.77. The minimum Gasteiger partial charge on any atom is -0.354 e. The summed E-state index contributed by atoms with van der Waals surface area (Å²) in [4.78, 5) is 11.8. The summed E-state index contributed by atoms with van der Waals surface area (Å²) in [7, 11) is 0. The number of alkyl halides is 3. The van der Waals surface area contributed by atoms with Crippen LogP contribution < -0.4 is 10.6 Å². The molecule has 1 heterocycles. The second-order valence-electron chi connectivity index (χ2n) is 5.19. The fourth-order valence-corrected chi connectivity index (χ4v) is 3.42. The van der Waals surface area contributed by atoms with Crippen molar-refractivity contribution in [2.24, 2.45) is 5.92 Å². The Morgan fingerprint density at radius 2 is 2.00 bits per heavy atom. The topological polar surface area (TPSA) is 41.1 Å². The van der Waals surface area contributed by atoms with Crippen LogP contribution >= 0.6 is 24.2 Å². The van der Waals surface area contributed by atoms with Crippen molar-refractivity contribution in [3.63, 3.8) is 0 Å². The minimum atomic E-state index is -4.22. The van der Waals surface area contributed by atoms with E-state index in [9.17, 15) is 18.0 Å². The Morgan fingerprint density at radius 1 is 1.30 bits per heavy atom. The van der Waals surface area contributed by atoms with Crippen molar-refractivity contribution in [1.29, 1.82) is 0 Å². The first-order chi connectivity index (χ1) is 8.96. The van der Waals surface area contributed by atoms with Crippen LogP contribution in [0.4, 0.5) is 13.2 Å². The fourth-order valence-electron chi connectivity index (χ4n) is 2.99. The third-order valence-electron chi connectivity index (χ3n) is 3.85. The lowest BCUT2D eigenvalue weighted by Gasteiger charge is -2.24. The first-order valence-electron chi connectivity index (χ1n) is 6.70. The third-order valence-corrected chi connectivity index (χ3v) is 4.58. The summed E-state index contributed by atoms with van der Waals surface area (Å²) in [5, 5.41) is 5.89. The van der Waals surface area contributed by atoms with Gasteiger partial charge in [-0.3, -0.25) is 4.79 Å². The number of carbonyl (C=O) groups excluding carboxylic acids is 1. The van der Waals surface area contributed by atoms with Gasteiger partial charge in [0.15, 0.2) is 0 Å². The van der Waals surface area contributed by atoms with Crippen LogP contribution in [-0.4, -0.2) is 35.8 Å². The molecule has 2 rings (SSSR count). The molecule has 1 aliphatic carbocycles. The molecule has 2 N–H and O–H groups in total. The van der Waals surface area contributed by atoms with Crippen LogP contribution in [-0.2, 0) is 4.79 Å². The zero-order valence-electron chi connectivity index (χ0n) is 11.0. The Balaban J connectivity index is 0.00000200. The van der Waals surface area contributed by atoms with Gasteiger partial charge >= 0.3 is 5.51 Å². The molecule has 0 aromatic rings. The number of hydrogen-bond acceptors (Lipinski definition) is 3. The van der Waals surface area contributed by atoms with Gasteiger partial charge in [-0.05, 0) is 36.9 Å². The lowest BCUT2D eigenvalue weighted by molar-refractivity contribution is -0.122. The van der Waals surface area contributed by atoms with E-state index < -0.39 is 5.51 Å². The number of fused-ring (bicyclic) bond motifs is 1. The lowest BCUT2D eigenvalue weighted by atomic mass is 9.85. The van der Waals surface area contributed by atoms with E-state index in [1.165, 1.54) is 12.8 Å². The standard InChI is InChI=1S/C12H19F3N2OS.ClH/c13-12(14,15)19-6-5-16-11(18)10-7-8-3-1-2-4-9(8)17-10;/h8-10,17H,1-7H2,(H,16,18);1H. The number of halogens is 4. The number of hydrogen-bond donors (Lipinski definition) is 2. The molecule has 20 heavy (non-hydrogen) atoms. The monoisotopic (exact) mass is 332 g/mol. The highest BCUT2D eigenvalue weighted by Gasteiger charge is 2.38. The largest absolute Gasteiger partial charge is 0.441 e. The van der Waals surface area contributed by atoms with Gasteiger partial charge in [-0.1, -0.05) is 12.8 Å². The van der Waals surface area contributed by atoms with Crippen LogP contribution in [0.25, 0.3) is 0 Å². The van der Waals surface area contributed by atoms with Crippen LogP contribution in [0.5, 0.6) is 0 Å². The molecule has 3 atom stereocenters. The second-order valence-corrected chi connectivity index (χ2v) is 6.35. The molecule has 118 valence electrons. The van der Waals surface area contributed by atoms with Gasteiger partial charge in [0.05, 0.1) is 6.04 Å². The molecule has 2 aliphatic rings. The SMILES string of the molecule is Cl.O=C(NCCSC(F)(F)F)C1CC2CCCCC2N1. The summed E-state index contributed by atoms with van der Waals surface area (Å²) < 4.78 is 35.8. The molecule has 0 radical (unpaired) electrons. The normalized spacial score (nSPS) is 29.4. The van der Waals surface area contributed by atoms with E-state index in [1.54, 1.807) is 0 Å². The minimum absolute atomic E-state index is 0. The van der Waals surface area contributed by atoms with E-state index in [4.69, 9.17) is 0 Å². The average molecular weight is 333 g/mol. The highest BCUT2D eigenvalue weighted by Crippen LogP contribution is 2.33. The van der Waals surface area contributed by atoms with Gasteiger partial charge in [0.1, 0.15) is 0 Å². The number of amides is 1. The molecule has 3 nitrogen and oxygen atoms in total. The fraction of sp³-hybridized carbons (Fsp3) is 0.917. The number of nitrogens with one attached hydrogen (secondary N) is 2. The maximum atomic E-state index is 11.9. The Labute approximate surface area is 127 Å². The number of carbonyl (C=O) groups is 1. The zero-order valence-corrected chi connectivity index (χ0v) is 12.7. The highest BCUT2D eigenvalue weighted by molar-refractivity contribution is 8.00. The smallest absolute Gasteiger partial charge is 0.354 e. The van der Waals surface area contributed by atoms with E-state index in [0.29, 0.717) is 12.0 Å². The van der Waals surface area contributed by atoms with Crippen LogP contribution in [0.2, 0.25) is 0 Å². The molecule has 0 spiro atoms. The lowest BCUT2D eigenvalue weighted by Crippen LogP contribution is -2.43. The molecular formula is C12H20ClF3N2OS. The molecule has 1 amide bonds. The molecular weight excluding hydrogens is 313 g/mol. The quantitative estimate of drug-likeness (QED) is 0.778. The Bertz CT molecular complexity index is 316. The maximum absolute atomic E-state index is 11.9. The van der Waals surface area contributed by atoms with Gasteiger partial charge in [-0.15, -0.1) is 12.4 Å². The van der Waals surface area contributed by atoms with Crippen molar-refractivity contribution in [2.45, 2.75) is 49.7 Å². The van der Waals surface area contributed by atoms with E-state index in [0.717, 1.165) is 19.3 Å². The maximum Gasteiger partial charge on any atom is 0.441 e. The van der Waals surface area contributed by atoms with Gasteiger partial charge < -0.3 is 10.6 Å². The van der Waals surface area contributed by atoms with Crippen LogP contribution in [0.3, 0.4) is 0 Å². The third kappa shape index (κ3) is 5.33. The highest BCUT2D eigenvalue weighted by atomic mass is 35.5. The van der Waals surface area contributed by atoms with Crippen molar-refractivity contribution in [3.05, 3.63) is 0 Å². The molecule has 8 heteroatoms. The van der Waals surface area contributed by atoms with E-state index in [2.05, 4.69) is 10.6 Å². The molecule has 0 bridgehead atoms. The Kier molecular flexibility index (Phi) is 6.94. The van der Waals surface area contributed by atoms with E-state index in [1.807, 2.05) is 0 Å². The summed E-state index contributed by atoms with van der Waals surface area (Å²) >= 11 is -0.0969. The molecule has 2 fully saturated rings. The summed E-state index contributed by atoms with van der Waals surface area (Å²) in [5.41, 5.74) is -4.22. The van der Waals surface area contributed by atoms with Gasteiger partial charge in [0, 0.05) is 18.3 Å². The van der Waals surface area contributed by atoms with Gasteiger partial charge in [-0.2, -0.15) is 13.2 Å². The van der Waals surface area contributed by atoms with Gasteiger partial charge in [0.25, 0.3) is 0 Å². The Hall–Kier alpha value is -0.140.